The van der Waals surface area contributed by atoms with Gasteiger partial charge in [0.2, 0.25) is 0 Å². The second kappa shape index (κ2) is 15.0. The number of piperidine rings is 1. The van der Waals surface area contributed by atoms with Crippen molar-refractivity contribution in [3.8, 4) is 0 Å². The Bertz CT molecular complexity index is 559. The first kappa shape index (κ1) is 25.2. The lowest BCUT2D eigenvalue weighted by atomic mass is 9.98. The van der Waals surface area contributed by atoms with Gasteiger partial charge in [0, 0.05) is 39.9 Å². The maximum Gasteiger partial charge on any atom is 0.191 e. The van der Waals surface area contributed by atoms with E-state index in [-0.39, 0.29) is 24.0 Å². The number of unbranched alkanes of at least 4 members (excludes halogenated alkanes) is 1. The molecule has 0 aromatic heterocycles. The third kappa shape index (κ3) is 10.1. The summed E-state index contributed by atoms with van der Waals surface area (Å²) in [5.41, 5.74) is 2.71. The smallest absolute Gasteiger partial charge is 0.191 e. The van der Waals surface area contributed by atoms with Crippen molar-refractivity contribution in [2.75, 3.05) is 39.9 Å². The molecule has 2 N–H and O–H groups in total. The SMILES string of the molecule is CCOCCCCNC(=NC)NCc1cccc(CN2CCC(C)CC2)c1.I. The van der Waals surface area contributed by atoms with Gasteiger partial charge >= 0.3 is 0 Å². The highest BCUT2D eigenvalue weighted by atomic mass is 127. The zero-order valence-electron chi connectivity index (χ0n) is 17.9. The highest BCUT2D eigenvalue weighted by Gasteiger charge is 2.15. The van der Waals surface area contributed by atoms with Gasteiger partial charge in [-0.05, 0) is 62.7 Å². The molecule has 1 heterocycles. The number of rotatable bonds is 10. The monoisotopic (exact) mass is 502 g/mol. The van der Waals surface area contributed by atoms with Crippen LogP contribution in [0.25, 0.3) is 0 Å². The Labute approximate surface area is 188 Å². The lowest BCUT2D eigenvalue weighted by molar-refractivity contribution is 0.143. The van der Waals surface area contributed by atoms with Crippen LogP contribution in [0, 0.1) is 5.92 Å². The maximum atomic E-state index is 5.37. The largest absolute Gasteiger partial charge is 0.382 e. The Hall–Kier alpha value is -0.860. The van der Waals surface area contributed by atoms with E-state index in [2.05, 4.69) is 51.7 Å². The maximum absolute atomic E-state index is 5.37. The Morgan fingerprint density at radius 2 is 1.93 bits per heavy atom. The molecule has 0 radical (unpaired) electrons. The summed E-state index contributed by atoms with van der Waals surface area (Å²) in [5, 5.41) is 6.79. The van der Waals surface area contributed by atoms with Gasteiger partial charge in [-0.1, -0.05) is 31.2 Å². The van der Waals surface area contributed by atoms with Gasteiger partial charge < -0.3 is 15.4 Å². The summed E-state index contributed by atoms with van der Waals surface area (Å²) in [4.78, 5) is 6.89. The number of halogens is 1. The van der Waals surface area contributed by atoms with Crippen LogP contribution in [0.4, 0.5) is 0 Å². The van der Waals surface area contributed by atoms with Crippen LogP contribution in [0.2, 0.25) is 0 Å². The predicted molar refractivity (Wildman–Crippen MR) is 129 cm³/mol. The van der Waals surface area contributed by atoms with Gasteiger partial charge in [0.25, 0.3) is 0 Å². The molecule has 0 aliphatic carbocycles. The molecule has 1 aliphatic rings. The van der Waals surface area contributed by atoms with Gasteiger partial charge in [-0.3, -0.25) is 9.89 Å². The van der Waals surface area contributed by atoms with Crippen molar-refractivity contribution in [2.45, 2.75) is 52.6 Å². The van der Waals surface area contributed by atoms with Crippen LogP contribution in [0.1, 0.15) is 50.7 Å². The van der Waals surface area contributed by atoms with Crippen LogP contribution in [0.5, 0.6) is 0 Å². The average Bonchev–Trinajstić information content (AvgIpc) is 2.69. The standard InChI is InChI=1S/C22H38N4O.HI/c1-4-27-15-6-5-12-24-22(23-3)25-17-20-8-7-9-21(16-20)18-26-13-10-19(2)11-14-26;/h7-9,16,19H,4-6,10-15,17-18H2,1-3H3,(H2,23,24,25);1H. The van der Waals surface area contributed by atoms with Crippen molar-refractivity contribution in [1.29, 1.82) is 0 Å². The minimum absolute atomic E-state index is 0. The van der Waals surface area contributed by atoms with Crippen molar-refractivity contribution >= 4 is 29.9 Å². The van der Waals surface area contributed by atoms with E-state index in [1.54, 1.807) is 0 Å². The second-order valence-corrected chi connectivity index (χ2v) is 7.54. The van der Waals surface area contributed by atoms with E-state index in [0.29, 0.717) is 0 Å². The van der Waals surface area contributed by atoms with Crippen LogP contribution in [0.3, 0.4) is 0 Å². The summed E-state index contributed by atoms with van der Waals surface area (Å²) >= 11 is 0. The van der Waals surface area contributed by atoms with E-state index in [4.69, 9.17) is 4.74 Å². The van der Waals surface area contributed by atoms with E-state index >= 15 is 0 Å². The Kier molecular flexibility index (Phi) is 13.5. The molecule has 0 unspecified atom stereocenters. The van der Waals surface area contributed by atoms with E-state index in [1.165, 1.54) is 37.1 Å². The fourth-order valence-corrected chi connectivity index (χ4v) is 3.40. The second-order valence-electron chi connectivity index (χ2n) is 7.54. The molecule has 0 atom stereocenters. The van der Waals surface area contributed by atoms with E-state index in [9.17, 15) is 0 Å². The topological polar surface area (TPSA) is 48.9 Å². The summed E-state index contributed by atoms with van der Waals surface area (Å²) < 4.78 is 5.37. The van der Waals surface area contributed by atoms with Crippen LogP contribution in [0.15, 0.2) is 29.3 Å². The van der Waals surface area contributed by atoms with E-state index in [0.717, 1.165) is 57.6 Å². The first-order chi connectivity index (χ1) is 13.2. The summed E-state index contributed by atoms with van der Waals surface area (Å²) in [5.74, 6) is 1.75. The minimum Gasteiger partial charge on any atom is -0.382 e. The fourth-order valence-electron chi connectivity index (χ4n) is 3.40. The van der Waals surface area contributed by atoms with Crippen molar-refractivity contribution in [1.82, 2.24) is 15.5 Å². The Morgan fingerprint density at radius 1 is 1.18 bits per heavy atom. The Balaban J connectivity index is 0.00000392. The molecule has 1 aromatic carbocycles. The number of likely N-dealkylation sites (tertiary alicyclic amines) is 1. The molecular formula is C22H39IN4O. The summed E-state index contributed by atoms with van der Waals surface area (Å²) in [7, 11) is 1.82. The highest BCUT2D eigenvalue weighted by Crippen LogP contribution is 2.18. The molecule has 0 bridgehead atoms. The predicted octanol–water partition coefficient (Wildman–Crippen LogP) is 4.02. The molecule has 6 heteroatoms. The minimum atomic E-state index is 0. The molecular weight excluding hydrogens is 463 g/mol. The third-order valence-electron chi connectivity index (χ3n) is 5.17. The van der Waals surface area contributed by atoms with Gasteiger partial charge in [0.1, 0.15) is 0 Å². The quantitative estimate of drug-likeness (QED) is 0.220. The van der Waals surface area contributed by atoms with Crippen molar-refractivity contribution in [3.63, 3.8) is 0 Å². The zero-order valence-corrected chi connectivity index (χ0v) is 20.2. The normalized spacial score (nSPS) is 15.9. The van der Waals surface area contributed by atoms with Crippen LogP contribution < -0.4 is 10.6 Å². The third-order valence-corrected chi connectivity index (χ3v) is 5.17. The molecule has 0 amide bonds. The van der Waals surface area contributed by atoms with Crippen LogP contribution >= 0.6 is 24.0 Å². The zero-order chi connectivity index (χ0) is 19.3. The van der Waals surface area contributed by atoms with Crippen LogP contribution in [-0.2, 0) is 17.8 Å². The number of hydrogen-bond donors (Lipinski definition) is 2. The van der Waals surface area contributed by atoms with E-state index in [1.807, 2.05) is 14.0 Å². The highest BCUT2D eigenvalue weighted by molar-refractivity contribution is 14.0. The molecule has 1 aliphatic heterocycles. The summed E-state index contributed by atoms with van der Waals surface area (Å²) in [6.07, 6.45) is 4.82. The van der Waals surface area contributed by atoms with Gasteiger partial charge in [-0.25, -0.2) is 0 Å². The average molecular weight is 502 g/mol. The van der Waals surface area contributed by atoms with Crippen molar-refractivity contribution < 1.29 is 4.74 Å². The molecule has 1 saturated heterocycles. The van der Waals surface area contributed by atoms with Gasteiger partial charge in [-0.2, -0.15) is 0 Å². The molecule has 0 saturated carbocycles. The number of benzene rings is 1. The van der Waals surface area contributed by atoms with Crippen LogP contribution in [-0.4, -0.2) is 50.8 Å². The van der Waals surface area contributed by atoms with Crippen molar-refractivity contribution in [3.05, 3.63) is 35.4 Å². The molecule has 1 aromatic rings. The molecule has 5 nitrogen and oxygen atoms in total. The summed E-state index contributed by atoms with van der Waals surface area (Å²) in [6.45, 7) is 11.3. The Morgan fingerprint density at radius 3 is 2.64 bits per heavy atom. The number of aliphatic imine (C=N–C) groups is 1. The number of guanidine groups is 1. The van der Waals surface area contributed by atoms with Crippen molar-refractivity contribution in [2.24, 2.45) is 10.9 Å². The van der Waals surface area contributed by atoms with Gasteiger partial charge in [-0.15, -0.1) is 24.0 Å². The molecule has 160 valence electrons. The number of nitrogens with one attached hydrogen (secondary N) is 2. The number of ether oxygens (including phenoxy) is 1. The molecule has 1 fully saturated rings. The molecule has 0 spiro atoms. The molecule has 2 rings (SSSR count). The lowest BCUT2D eigenvalue weighted by Gasteiger charge is -2.30. The number of nitrogens with zero attached hydrogens (tertiary/aromatic N) is 2. The fraction of sp³-hybridized carbons (Fsp3) is 0.682. The molecule has 28 heavy (non-hydrogen) atoms. The summed E-state index contributed by atoms with van der Waals surface area (Å²) in [6, 6.07) is 8.92. The number of hydrogen-bond acceptors (Lipinski definition) is 3. The van der Waals surface area contributed by atoms with Gasteiger partial charge in [0.05, 0.1) is 0 Å². The lowest BCUT2D eigenvalue weighted by Crippen LogP contribution is -2.37. The first-order valence-electron chi connectivity index (χ1n) is 10.5. The van der Waals surface area contributed by atoms with Gasteiger partial charge in [0.15, 0.2) is 5.96 Å². The van der Waals surface area contributed by atoms with E-state index < -0.39 is 0 Å². The first-order valence-corrected chi connectivity index (χ1v) is 10.5.